The summed E-state index contributed by atoms with van der Waals surface area (Å²) in [5, 5.41) is 5.15. The van der Waals surface area contributed by atoms with Crippen LogP contribution >= 0.6 is 0 Å². The minimum Gasteiger partial charge on any atom is -0.358 e. The number of hydrogen-bond acceptors (Lipinski definition) is 2. The lowest BCUT2D eigenvalue weighted by Crippen LogP contribution is -2.40. The molecule has 1 aromatic carbocycles. The molecule has 2 N–H and O–H groups in total. The van der Waals surface area contributed by atoms with Crippen LogP contribution in [0.25, 0.3) is 10.9 Å². The first-order valence-electron chi connectivity index (χ1n) is 7.97. The van der Waals surface area contributed by atoms with Crippen LogP contribution in [0.3, 0.4) is 0 Å². The second kappa shape index (κ2) is 5.23. The van der Waals surface area contributed by atoms with Gasteiger partial charge < -0.3 is 15.2 Å². The number of nitrogens with zero attached hydrogens (tertiary/aromatic N) is 1. The molecule has 3 nitrogen and oxygen atoms in total. The molecule has 1 atom stereocenters. The molecule has 0 aliphatic carbocycles. The van der Waals surface area contributed by atoms with Gasteiger partial charge in [-0.25, -0.2) is 0 Å². The molecule has 0 amide bonds. The predicted octanol–water partition coefficient (Wildman–Crippen LogP) is 2.84. The lowest BCUT2D eigenvalue weighted by Gasteiger charge is -2.33. The zero-order valence-corrected chi connectivity index (χ0v) is 12.0. The number of rotatable bonds is 2. The molecule has 0 spiro atoms. The van der Waals surface area contributed by atoms with Gasteiger partial charge >= 0.3 is 0 Å². The van der Waals surface area contributed by atoms with Crippen molar-refractivity contribution in [3.05, 3.63) is 35.5 Å². The molecule has 20 heavy (non-hydrogen) atoms. The van der Waals surface area contributed by atoms with Gasteiger partial charge in [-0.05, 0) is 37.6 Å². The molecule has 2 aliphatic rings. The monoisotopic (exact) mass is 269 g/mol. The fourth-order valence-corrected chi connectivity index (χ4v) is 3.84. The summed E-state index contributed by atoms with van der Waals surface area (Å²) in [4.78, 5) is 6.26. The number of hydrogen-bond donors (Lipinski definition) is 2. The highest BCUT2D eigenvalue weighted by molar-refractivity contribution is 5.85. The second-order valence-corrected chi connectivity index (χ2v) is 6.18. The number of piperidine rings is 1. The number of para-hydroxylation sites is 1. The fraction of sp³-hybridized carbons (Fsp3) is 0.529. The van der Waals surface area contributed by atoms with E-state index < -0.39 is 0 Å². The summed E-state index contributed by atoms with van der Waals surface area (Å²) in [6.45, 7) is 4.80. The molecule has 1 aromatic heterocycles. The van der Waals surface area contributed by atoms with Crippen LogP contribution in [0, 0.1) is 0 Å². The van der Waals surface area contributed by atoms with Crippen molar-refractivity contribution >= 4 is 10.9 Å². The SMILES string of the molecule is c1ccc2c3c([nH]c2c1)CCNC3CN1CCCCC1. The van der Waals surface area contributed by atoms with Crippen molar-refractivity contribution in [3.63, 3.8) is 0 Å². The Morgan fingerprint density at radius 1 is 1.10 bits per heavy atom. The van der Waals surface area contributed by atoms with Crippen molar-refractivity contribution in [1.82, 2.24) is 15.2 Å². The normalized spacial score (nSPS) is 23.9. The lowest BCUT2D eigenvalue weighted by molar-refractivity contribution is 0.203. The first kappa shape index (κ1) is 12.4. The van der Waals surface area contributed by atoms with Crippen molar-refractivity contribution in [2.45, 2.75) is 31.7 Å². The summed E-state index contributed by atoms with van der Waals surface area (Å²) < 4.78 is 0. The van der Waals surface area contributed by atoms with Crippen LogP contribution in [0.4, 0.5) is 0 Å². The molecule has 2 aliphatic heterocycles. The predicted molar refractivity (Wildman–Crippen MR) is 83.0 cm³/mol. The van der Waals surface area contributed by atoms with Crippen LogP contribution in [0.1, 0.15) is 36.6 Å². The molecule has 3 heteroatoms. The Morgan fingerprint density at radius 2 is 1.95 bits per heavy atom. The third-order valence-corrected chi connectivity index (χ3v) is 4.83. The number of likely N-dealkylation sites (tertiary alicyclic amines) is 1. The van der Waals surface area contributed by atoms with E-state index in [0.717, 1.165) is 19.5 Å². The summed E-state index contributed by atoms with van der Waals surface area (Å²) in [6.07, 6.45) is 5.27. The van der Waals surface area contributed by atoms with Gasteiger partial charge in [-0.2, -0.15) is 0 Å². The third-order valence-electron chi connectivity index (χ3n) is 4.83. The first-order chi connectivity index (χ1) is 9.92. The van der Waals surface area contributed by atoms with Gasteiger partial charge in [0.05, 0.1) is 0 Å². The molecule has 106 valence electrons. The molecule has 1 unspecified atom stereocenters. The number of benzene rings is 1. The van der Waals surface area contributed by atoms with E-state index >= 15 is 0 Å². The Bertz CT molecular complexity index is 595. The molecule has 3 heterocycles. The van der Waals surface area contributed by atoms with Crippen LogP contribution in [0.15, 0.2) is 24.3 Å². The highest BCUT2D eigenvalue weighted by Crippen LogP contribution is 2.31. The number of nitrogens with one attached hydrogen (secondary N) is 2. The Kier molecular flexibility index (Phi) is 3.25. The maximum atomic E-state index is 3.74. The topological polar surface area (TPSA) is 31.1 Å². The maximum absolute atomic E-state index is 3.74. The maximum Gasteiger partial charge on any atom is 0.0473 e. The summed E-state index contributed by atoms with van der Waals surface area (Å²) in [5.74, 6) is 0. The van der Waals surface area contributed by atoms with E-state index in [2.05, 4.69) is 39.5 Å². The zero-order valence-electron chi connectivity index (χ0n) is 12.0. The highest BCUT2D eigenvalue weighted by Gasteiger charge is 2.26. The molecule has 1 fully saturated rings. The molecule has 2 aromatic rings. The summed E-state index contributed by atoms with van der Waals surface area (Å²) in [6, 6.07) is 9.24. The number of aromatic nitrogens is 1. The number of H-pyrrole nitrogens is 1. The van der Waals surface area contributed by atoms with Gasteiger partial charge in [-0.3, -0.25) is 0 Å². The van der Waals surface area contributed by atoms with Crippen LogP contribution < -0.4 is 5.32 Å². The quantitative estimate of drug-likeness (QED) is 0.878. The van der Waals surface area contributed by atoms with E-state index in [0.29, 0.717) is 6.04 Å². The van der Waals surface area contributed by atoms with Gasteiger partial charge in [0.2, 0.25) is 0 Å². The Hall–Kier alpha value is -1.32. The minimum absolute atomic E-state index is 0.494. The number of aromatic amines is 1. The Balaban J connectivity index is 1.66. The van der Waals surface area contributed by atoms with Gasteiger partial charge in [-0.1, -0.05) is 24.6 Å². The van der Waals surface area contributed by atoms with E-state index in [4.69, 9.17) is 0 Å². The second-order valence-electron chi connectivity index (χ2n) is 6.18. The molecular weight excluding hydrogens is 246 g/mol. The molecule has 0 saturated carbocycles. The molecular formula is C17H23N3. The molecule has 1 saturated heterocycles. The Morgan fingerprint density at radius 3 is 2.85 bits per heavy atom. The average Bonchev–Trinajstić information content (AvgIpc) is 2.88. The van der Waals surface area contributed by atoms with Gasteiger partial charge in [0, 0.05) is 42.1 Å². The van der Waals surface area contributed by atoms with Crippen LogP contribution in [-0.4, -0.2) is 36.1 Å². The van der Waals surface area contributed by atoms with Gasteiger partial charge in [-0.15, -0.1) is 0 Å². The molecule has 0 radical (unpaired) electrons. The minimum atomic E-state index is 0.494. The van der Waals surface area contributed by atoms with E-state index in [1.54, 1.807) is 0 Å². The van der Waals surface area contributed by atoms with Crippen molar-refractivity contribution < 1.29 is 0 Å². The summed E-state index contributed by atoms with van der Waals surface area (Å²) >= 11 is 0. The van der Waals surface area contributed by atoms with Gasteiger partial charge in [0.25, 0.3) is 0 Å². The van der Waals surface area contributed by atoms with Crippen molar-refractivity contribution in [2.75, 3.05) is 26.2 Å². The first-order valence-corrected chi connectivity index (χ1v) is 7.97. The van der Waals surface area contributed by atoms with E-state index in [1.165, 1.54) is 54.5 Å². The average molecular weight is 269 g/mol. The van der Waals surface area contributed by atoms with Crippen molar-refractivity contribution in [2.24, 2.45) is 0 Å². The smallest absolute Gasteiger partial charge is 0.0473 e. The summed E-state index contributed by atoms with van der Waals surface area (Å²) in [5.41, 5.74) is 4.27. The summed E-state index contributed by atoms with van der Waals surface area (Å²) in [7, 11) is 0. The third kappa shape index (κ3) is 2.15. The van der Waals surface area contributed by atoms with E-state index in [9.17, 15) is 0 Å². The van der Waals surface area contributed by atoms with Gasteiger partial charge in [0.15, 0.2) is 0 Å². The van der Waals surface area contributed by atoms with Crippen molar-refractivity contribution in [1.29, 1.82) is 0 Å². The molecule has 0 bridgehead atoms. The van der Waals surface area contributed by atoms with E-state index in [-0.39, 0.29) is 0 Å². The largest absolute Gasteiger partial charge is 0.358 e. The standard InChI is InChI=1S/C17H23N3/c1-4-10-20(11-5-1)12-16-17-13-6-2-3-7-14(13)19-15(17)8-9-18-16/h2-3,6-7,16,18-19H,1,4-5,8-12H2. The van der Waals surface area contributed by atoms with Crippen molar-refractivity contribution in [3.8, 4) is 0 Å². The molecule has 4 rings (SSSR count). The van der Waals surface area contributed by atoms with E-state index in [1.807, 2.05) is 0 Å². The highest BCUT2D eigenvalue weighted by atomic mass is 15.2. The fourth-order valence-electron chi connectivity index (χ4n) is 3.84. The van der Waals surface area contributed by atoms with Crippen LogP contribution in [0.5, 0.6) is 0 Å². The van der Waals surface area contributed by atoms with Gasteiger partial charge in [0.1, 0.15) is 0 Å². The zero-order chi connectivity index (χ0) is 13.4. The lowest BCUT2D eigenvalue weighted by atomic mass is 9.96. The van der Waals surface area contributed by atoms with Crippen LogP contribution in [-0.2, 0) is 6.42 Å². The Labute approximate surface area is 120 Å². The van der Waals surface area contributed by atoms with Crippen LogP contribution in [0.2, 0.25) is 0 Å². The number of fused-ring (bicyclic) bond motifs is 3.